The standard InChI is InChI=1S/C19H18ClN3O2/c1-12-4-7-15(8-5-12)23-13(2)16(11-21-23)19(24)22-14-6-9-18(25-3)17(20)10-14/h4-11H,1-3H3,(H,22,24). The van der Waals surface area contributed by atoms with E-state index in [0.717, 1.165) is 11.4 Å². The highest BCUT2D eigenvalue weighted by Gasteiger charge is 2.16. The third kappa shape index (κ3) is 3.51. The first-order valence-corrected chi connectivity index (χ1v) is 8.14. The van der Waals surface area contributed by atoms with Gasteiger partial charge in [0, 0.05) is 5.69 Å². The Hall–Kier alpha value is -2.79. The highest BCUT2D eigenvalue weighted by atomic mass is 35.5. The zero-order chi connectivity index (χ0) is 18.0. The van der Waals surface area contributed by atoms with Crippen molar-refractivity contribution in [1.29, 1.82) is 0 Å². The predicted octanol–water partition coefficient (Wildman–Crippen LogP) is 4.40. The van der Waals surface area contributed by atoms with E-state index in [0.29, 0.717) is 22.0 Å². The molecule has 1 N–H and O–H groups in total. The van der Waals surface area contributed by atoms with Crippen molar-refractivity contribution in [3.8, 4) is 11.4 Å². The van der Waals surface area contributed by atoms with E-state index in [9.17, 15) is 4.79 Å². The summed E-state index contributed by atoms with van der Waals surface area (Å²) in [6.07, 6.45) is 1.57. The van der Waals surface area contributed by atoms with Gasteiger partial charge in [-0.05, 0) is 44.2 Å². The minimum Gasteiger partial charge on any atom is -0.495 e. The number of ether oxygens (including phenoxy) is 1. The zero-order valence-electron chi connectivity index (χ0n) is 14.2. The normalized spacial score (nSPS) is 10.6. The molecule has 0 spiro atoms. The molecule has 0 atom stereocenters. The Morgan fingerprint density at radius 1 is 1.16 bits per heavy atom. The molecular weight excluding hydrogens is 338 g/mol. The smallest absolute Gasteiger partial charge is 0.259 e. The van der Waals surface area contributed by atoms with Crippen LogP contribution in [0.5, 0.6) is 5.75 Å². The summed E-state index contributed by atoms with van der Waals surface area (Å²) in [7, 11) is 1.54. The van der Waals surface area contributed by atoms with Gasteiger partial charge in [0.25, 0.3) is 5.91 Å². The Balaban J connectivity index is 1.83. The molecule has 0 aliphatic carbocycles. The predicted molar refractivity (Wildman–Crippen MR) is 99.0 cm³/mol. The summed E-state index contributed by atoms with van der Waals surface area (Å²) in [5.41, 5.74) is 3.95. The van der Waals surface area contributed by atoms with Crippen LogP contribution in [-0.4, -0.2) is 22.8 Å². The number of hydrogen-bond donors (Lipinski definition) is 1. The van der Waals surface area contributed by atoms with Gasteiger partial charge in [0.05, 0.1) is 35.3 Å². The van der Waals surface area contributed by atoms with Gasteiger partial charge in [0.1, 0.15) is 5.75 Å². The lowest BCUT2D eigenvalue weighted by Gasteiger charge is -2.08. The average Bonchev–Trinajstić information content (AvgIpc) is 2.97. The second-order valence-corrected chi connectivity index (χ2v) is 6.10. The first kappa shape index (κ1) is 17.0. The maximum Gasteiger partial charge on any atom is 0.259 e. The average molecular weight is 356 g/mol. The number of carbonyl (C=O) groups is 1. The first-order valence-electron chi connectivity index (χ1n) is 7.76. The molecule has 5 nitrogen and oxygen atoms in total. The Kier molecular flexibility index (Phi) is 4.76. The van der Waals surface area contributed by atoms with E-state index in [1.54, 1.807) is 36.2 Å². The number of carbonyl (C=O) groups excluding carboxylic acids is 1. The molecule has 1 aromatic heterocycles. The molecule has 3 rings (SSSR count). The van der Waals surface area contributed by atoms with Crippen LogP contribution in [-0.2, 0) is 0 Å². The molecule has 1 amide bonds. The van der Waals surface area contributed by atoms with Crippen molar-refractivity contribution >= 4 is 23.2 Å². The first-order chi connectivity index (χ1) is 12.0. The number of aryl methyl sites for hydroxylation is 1. The van der Waals surface area contributed by atoms with Crippen molar-refractivity contribution in [1.82, 2.24) is 9.78 Å². The molecule has 0 saturated carbocycles. The number of rotatable bonds is 4. The van der Waals surface area contributed by atoms with Crippen molar-refractivity contribution in [2.75, 3.05) is 12.4 Å². The fourth-order valence-electron chi connectivity index (χ4n) is 2.52. The van der Waals surface area contributed by atoms with Crippen LogP contribution in [0.15, 0.2) is 48.7 Å². The third-order valence-corrected chi connectivity index (χ3v) is 4.24. The summed E-state index contributed by atoms with van der Waals surface area (Å²) in [6, 6.07) is 13.1. The number of hydrogen-bond acceptors (Lipinski definition) is 3. The fourth-order valence-corrected chi connectivity index (χ4v) is 2.78. The number of halogens is 1. The minimum absolute atomic E-state index is 0.239. The van der Waals surface area contributed by atoms with Crippen LogP contribution in [0.3, 0.4) is 0 Å². The van der Waals surface area contributed by atoms with E-state index in [4.69, 9.17) is 16.3 Å². The SMILES string of the molecule is COc1ccc(NC(=O)c2cnn(-c3ccc(C)cc3)c2C)cc1Cl. The number of amides is 1. The van der Waals surface area contributed by atoms with E-state index in [1.165, 1.54) is 5.56 Å². The molecular formula is C19H18ClN3O2. The molecule has 3 aromatic rings. The van der Waals surface area contributed by atoms with E-state index >= 15 is 0 Å². The van der Waals surface area contributed by atoms with Gasteiger partial charge in [0.2, 0.25) is 0 Å². The Morgan fingerprint density at radius 2 is 1.88 bits per heavy atom. The van der Waals surface area contributed by atoms with Crippen LogP contribution < -0.4 is 10.1 Å². The molecule has 0 aliphatic rings. The highest BCUT2D eigenvalue weighted by molar-refractivity contribution is 6.32. The molecule has 0 fully saturated rings. The van der Waals surface area contributed by atoms with Crippen LogP contribution in [0.1, 0.15) is 21.6 Å². The lowest BCUT2D eigenvalue weighted by Crippen LogP contribution is -2.13. The van der Waals surface area contributed by atoms with Gasteiger partial charge < -0.3 is 10.1 Å². The molecule has 128 valence electrons. The van der Waals surface area contributed by atoms with Crippen molar-refractivity contribution in [3.63, 3.8) is 0 Å². The number of nitrogens with zero attached hydrogens (tertiary/aromatic N) is 2. The summed E-state index contributed by atoms with van der Waals surface area (Å²) < 4.78 is 6.86. The van der Waals surface area contributed by atoms with Gasteiger partial charge in [0.15, 0.2) is 0 Å². The van der Waals surface area contributed by atoms with Gasteiger partial charge in [-0.2, -0.15) is 5.10 Å². The molecule has 0 radical (unpaired) electrons. The van der Waals surface area contributed by atoms with Crippen LogP contribution in [0.4, 0.5) is 5.69 Å². The summed E-state index contributed by atoms with van der Waals surface area (Å²) >= 11 is 6.09. The second-order valence-electron chi connectivity index (χ2n) is 5.69. The number of methoxy groups -OCH3 is 1. The van der Waals surface area contributed by atoms with E-state index in [-0.39, 0.29) is 5.91 Å². The number of aromatic nitrogens is 2. The Morgan fingerprint density at radius 3 is 2.52 bits per heavy atom. The van der Waals surface area contributed by atoms with Gasteiger partial charge in [-0.1, -0.05) is 29.3 Å². The molecule has 0 unspecified atom stereocenters. The molecule has 1 heterocycles. The topological polar surface area (TPSA) is 56.1 Å². The minimum atomic E-state index is -0.239. The van der Waals surface area contributed by atoms with Gasteiger partial charge in [-0.25, -0.2) is 4.68 Å². The van der Waals surface area contributed by atoms with E-state index in [1.807, 2.05) is 38.1 Å². The second kappa shape index (κ2) is 6.99. The maximum absolute atomic E-state index is 12.6. The largest absolute Gasteiger partial charge is 0.495 e. The Bertz CT molecular complexity index is 917. The molecule has 6 heteroatoms. The van der Waals surface area contributed by atoms with Crippen molar-refractivity contribution in [2.24, 2.45) is 0 Å². The van der Waals surface area contributed by atoms with E-state index in [2.05, 4.69) is 10.4 Å². The van der Waals surface area contributed by atoms with E-state index < -0.39 is 0 Å². The van der Waals surface area contributed by atoms with Gasteiger partial charge in [-0.15, -0.1) is 0 Å². The van der Waals surface area contributed by atoms with Crippen molar-refractivity contribution in [2.45, 2.75) is 13.8 Å². The number of anilines is 1. The van der Waals surface area contributed by atoms with Gasteiger partial charge >= 0.3 is 0 Å². The van der Waals surface area contributed by atoms with Crippen LogP contribution in [0, 0.1) is 13.8 Å². The zero-order valence-corrected chi connectivity index (χ0v) is 15.0. The maximum atomic E-state index is 12.6. The molecule has 0 saturated heterocycles. The van der Waals surface area contributed by atoms with Crippen LogP contribution in [0.25, 0.3) is 5.69 Å². The highest BCUT2D eigenvalue weighted by Crippen LogP contribution is 2.27. The summed E-state index contributed by atoms with van der Waals surface area (Å²) in [5, 5.41) is 7.60. The third-order valence-electron chi connectivity index (χ3n) is 3.94. The molecule has 0 aliphatic heterocycles. The van der Waals surface area contributed by atoms with Gasteiger partial charge in [-0.3, -0.25) is 4.79 Å². The quantitative estimate of drug-likeness (QED) is 0.754. The van der Waals surface area contributed by atoms with Crippen molar-refractivity contribution < 1.29 is 9.53 Å². The summed E-state index contributed by atoms with van der Waals surface area (Å²) in [4.78, 5) is 12.6. The lowest BCUT2D eigenvalue weighted by molar-refractivity contribution is 0.102. The Labute approximate surface area is 151 Å². The summed E-state index contributed by atoms with van der Waals surface area (Å²) in [5.74, 6) is 0.320. The molecule has 2 aromatic carbocycles. The lowest BCUT2D eigenvalue weighted by atomic mass is 10.2. The van der Waals surface area contributed by atoms with Crippen LogP contribution >= 0.6 is 11.6 Å². The number of nitrogens with one attached hydrogen (secondary N) is 1. The number of benzene rings is 2. The van der Waals surface area contributed by atoms with Crippen molar-refractivity contribution in [3.05, 3.63) is 70.5 Å². The fraction of sp³-hybridized carbons (Fsp3) is 0.158. The molecule has 0 bridgehead atoms. The van der Waals surface area contributed by atoms with Crippen LogP contribution in [0.2, 0.25) is 5.02 Å². The molecule has 25 heavy (non-hydrogen) atoms. The monoisotopic (exact) mass is 355 g/mol. The summed E-state index contributed by atoms with van der Waals surface area (Å²) in [6.45, 7) is 3.89.